The minimum Gasteiger partial charge on any atom is -0.507 e. The number of carbonyl (C=O) groups is 1. The Kier molecular flexibility index (Phi) is 5.50. The van der Waals surface area contributed by atoms with Crippen molar-refractivity contribution in [2.75, 3.05) is 0 Å². The first-order valence-corrected chi connectivity index (χ1v) is 6.96. The summed E-state index contributed by atoms with van der Waals surface area (Å²) < 4.78 is 0. The van der Waals surface area contributed by atoms with Crippen molar-refractivity contribution < 1.29 is 9.90 Å². The maximum atomic E-state index is 11.9. The van der Waals surface area contributed by atoms with E-state index in [1.54, 1.807) is 48.5 Å². The van der Waals surface area contributed by atoms with E-state index in [0.717, 1.165) is 5.56 Å². The quantitative estimate of drug-likeness (QED) is 0.392. The number of phenolic OH excluding ortho intramolecular Hbond substituents is 1. The fourth-order valence-corrected chi connectivity index (χ4v) is 1.81. The average molecular weight is 326 g/mol. The predicted octanol–water partition coefficient (Wildman–Crippen LogP) is 3.10. The highest BCUT2D eigenvalue weighted by Crippen LogP contribution is 2.18. The Bertz CT molecular complexity index is 805. The average Bonchev–Trinajstić information content (AvgIpc) is 2.56. The normalized spacial score (nSPS) is 11.2. The molecule has 2 N–H and O–H groups in total. The molecule has 5 nitrogen and oxygen atoms in total. The number of benzene rings is 2. The minimum absolute atomic E-state index is 0.0160. The lowest BCUT2D eigenvalue weighted by Gasteiger charge is -2.00. The van der Waals surface area contributed by atoms with Gasteiger partial charge in [-0.05, 0) is 29.8 Å². The molecule has 0 spiro atoms. The highest BCUT2D eigenvalue weighted by molar-refractivity contribution is 6.30. The van der Waals surface area contributed by atoms with Crippen LogP contribution in [0.4, 0.5) is 0 Å². The van der Waals surface area contributed by atoms with Crippen LogP contribution in [0, 0.1) is 11.3 Å². The van der Waals surface area contributed by atoms with E-state index in [9.17, 15) is 9.90 Å². The molecule has 0 aliphatic rings. The summed E-state index contributed by atoms with van der Waals surface area (Å²) >= 11 is 5.77. The van der Waals surface area contributed by atoms with Crippen molar-refractivity contribution in [2.45, 2.75) is 0 Å². The zero-order chi connectivity index (χ0) is 16.7. The summed E-state index contributed by atoms with van der Waals surface area (Å²) in [6, 6.07) is 15.1. The van der Waals surface area contributed by atoms with Crippen LogP contribution in [0.2, 0.25) is 5.02 Å². The van der Waals surface area contributed by atoms with Crippen LogP contribution in [0.15, 0.2) is 59.2 Å². The van der Waals surface area contributed by atoms with Gasteiger partial charge in [0.05, 0.1) is 6.21 Å². The lowest BCUT2D eigenvalue weighted by Crippen LogP contribution is -2.19. The zero-order valence-corrected chi connectivity index (χ0v) is 12.7. The second-order valence-corrected chi connectivity index (χ2v) is 4.92. The van der Waals surface area contributed by atoms with Crippen molar-refractivity contribution in [3.8, 4) is 11.8 Å². The number of hydrazone groups is 1. The number of aromatic hydroxyl groups is 1. The van der Waals surface area contributed by atoms with E-state index in [2.05, 4.69) is 10.5 Å². The Morgan fingerprint density at radius 2 is 1.91 bits per heavy atom. The summed E-state index contributed by atoms with van der Waals surface area (Å²) in [6.07, 6.45) is 2.73. The molecule has 0 fully saturated rings. The number of para-hydroxylation sites is 1. The monoisotopic (exact) mass is 325 g/mol. The molecule has 2 aromatic rings. The van der Waals surface area contributed by atoms with E-state index in [1.807, 2.05) is 0 Å². The van der Waals surface area contributed by atoms with Gasteiger partial charge in [-0.1, -0.05) is 41.9 Å². The van der Waals surface area contributed by atoms with E-state index in [4.69, 9.17) is 16.9 Å². The van der Waals surface area contributed by atoms with Crippen molar-refractivity contribution in [3.63, 3.8) is 0 Å². The van der Waals surface area contributed by atoms with Crippen molar-refractivity contribution in [2.24, 2.45) is 5.10 Å². The fourth-order valence-electron chi connectivity index (χ4n) is 1.69. The van der Waals surface area contributed by atoms with Crippen LogP contribution in [0.5, 0.6) is 5.75 Å². The fraction of sp³-hybridized carbons (Fsp3) is 0. The first-order chi connectivity index (χ1) is 11.1. The van der Waals surface area contributed by atoms with E-state index >= 15 is 0 Å². The number of rotatable bonds is 4. The van der Waals surface area contributed by atoms with Gasteiger partial charge in [-0.3, -0.25) is 4.79 Å². The number of hydrogen-bond acceptors (Lipinski definition) is 4. The van der Waals surface area contributed by atoms with Crippen molar-refractivity contribution in [1.82, 2.24) is 5.43 Å². The van der Waals surface area contributed by atoms with Gasteiger partial charge >= 0.3 is 0 Å². The Labute approximate surface area is 138 Å². The summed E-state index contributed by atoms with van der Waals surface area (Å²) in [7, 11) is 0. The molecule has 0 saturated carbocycles. The Hall–Kier alpha value is -3.10. The highest BCUT2D eigenvalue weighted by Gasteiger charge is 2.09. The number of nitriles is 1. The zero-order valence-electron chi connectivity index (χ0n) is 11.9. The second-order valence-electron chi connectivity index (χ2n) is 4.48. The largest absolute Gasteiger partial charge is 0.507 e. The standard InChI is InChI=1S/C17H12ClN3O2/c18-15-7-5-12(6-8-15)11-20-21-17(23)14(10-19)9-13-3-1-2-4-16(13)22/h1-9,11,22H,(H,21,23). The predicted molar refractivity (Wildman–Crippen MR) is 88.9 cm³/mol. The van der Waals surface area contributed by atoms with Crippen LogP contribution in [0.1, 0.15) is 11.1 Å². The number of phenols is 1. The van der Waals surface area contributed by atoms with Gasteiger partial charge in [0.15, 0.2) is 0 Å². The van der Waals surface area contributed by atoms with Gasteiger partial charge in [0, 0.05) is 10.6 Å². The summed E-state index contributed by atoms with van der Waals surface area (Å²) in [5.41, 5.74) is 3.22. The SMILES string of the molecule is N#CC(=Cc1ccccc1O)C(=O)NN=Cc1ccc(Cl)cc1. The van der Waals surface area contributed by atoms with Crippen LogP contribution in [0.25, 0.3) is 6.08 Å². The van der Waals surface area contributed by atoms with Gasteiger partial charge in [0.25, 0.3) is 5.91 Å². The molecule has 6 heteroatoms. The van der Waals surface area contributed by atoms with Gasteiger partial charge < -0.3 is 5.11 Å². The van der Waals surface area contributed by atoms with Crippen LogP contribution < -0.4 is 5.43 Å². The lowest BCUT2D eigenvalue weighted by atomic mass is 10.1. The maximum absolute atomic E-state index is 11.9. The van der Waals surface area contributed by atoms with Crippen molar-refractivity contribution in [3.05, 3.63) is 70.3 Å². The van der Waals surface area contributed by atoms with Gasteiger partial charge in [-0.25, -0.2) is 5.43 Å². The van der Waals surface area contributed by atoms with E-state index in [0.29, 0.717) is 10.6 Å². The molecule has 0 saturated heterocycles. The first kappa shape index (κ1) is 16.3. The molecule has 23 heavy (non-hydrogen) atoms. The summed E-state index contributed by atoms with van der Waals surface area (Å²) in [5, 5.41) is 23.1. The molecule has 0 radical (unpaired) electrons. The summed E-state index contributed by atoms with van der Waals surface area (Å²) in [4.78, 5) is 11.9. The number of halogens is 1. The molecule has 2 aromatic carbocycles. The van der Waals surface area contributed by atoms with Crippen LogP contribution in [-0.2, 0) is 4.79 Å². The van der Waals surface area contributed by atoms with Gasteiger partial charge in [-0.15, -0.1) is 0 Å². The van der Waals surface area contributed by atoms with Gasteiger partial charge in [-0.2, -0.15) is 10.4 Å². The van der Waals surface area contributed by atoms with E-state index in [-0.39, 0.29) is 11.3 Å². The molecular formula is C17H12ClN3O2. The van der Waals surface area contributed by atoms with Crippen LogP contribution in [-0.4, -0.2) is 17.2 Å². The Morgan fingerprint density at radius 3 is 2.57 bits per heavy atom. The molecule has 1 amide bonds. The Balaban J connectivity index is 2.08. The number of carbonyl (C=O) groups excluding carboxylic acids is 1. The van der Waals surface area contributed by atoms with E-state index < -0.39 is 5.91 Å². The van der Waals surface area contributed by atoms with Crippen molar-refractivity contribution >= 4 is 29.8 Å². The molecular weight excluding hydrogens is 314 g/mol. The smallest absolute Gasteiger partial charge is 0.282 e. The molecule has 0 aliphatic carbocycles. The van der Waals surface area contributed by atoms with E-state index in [1.165, 1.54) is 18.4 Å². The number of nitrogens with zero attached hydrogens (tertiary/aromatic N) is 2. The molecule has 0 aromatic heterocycles. The molecule has 2 rings (SSSR count). The topological polar surface area (TPSA) is 85.5 Å². The van der Waals surface area contributed by atoms with Crippen molar-refractivity contribution in [1.29, 1.82) is 5.26 Å². The van der Waals surface area contributed by atoms with Gasteiger partial charge in [0.2, 0.25) is 0 Å². The first-order valence-electron chi connectivity index (χ1n) is 6.59. The third-order valence-electron chi connectivity index (χ3n) is 2.85. The number of amides is 1. The third-order valence-corrected chi connectivity index (χ3v) is 3.10. The molecule has 0 aliphatic heterocycles. The third kappa shape index (κ3) is 4.70. The Morgan fingerprint density at radius 1 is 1.22 bits per heavy atom. The molecule has 114 valence electrons. The van der Waals surface area contributed by atoms with Crippen LogP contribution in [0.3, 0.4) is 0 Å². The summed E-state index contributed by atoms with van der Waals surface area (Å²) in [5.74, 6) is -0.682. The molecule has 0 atom stereocenters. The molecule has 0 bridgehead atoms. The molecule has 0 unspecified atom stereocenters. The number of hydrogen-bond donors (Lipinski definition) is 2. The number of nitrogens with one attached hydrogen (secondary N) is 1. The maximum Gasteiger partial charge on any atom is 0.282 e. The second kappa shape index (κ2) is 7.78. The lowest BCUT2D eigenvalue weighted by molar-refractivity contribution is -0.117. The minimum atomic E-state index is -0.666. The van der Waals surface area contributed by atoms with Crippen LogP contribution >= 0.6 is 11.6 Å². The molecule has 0 heterocycles. The van der Waals surface area contributed by atoms with Gasteiger partial charge in [0.1, 0.15) is 17.4 Å². The summed E-state index contributed by atoms with van der Waals surface area (Å²) in [6.45, 7) is 0. The highest BCUT2D eigenvalue weighted by atomic mass is 35.5.